The van der Waals surface area contributed by atoms with E-state index in [-0.39, 0.29) is 5.91 Å². The number of piperazine rings is 1. The van der Waals surface area contributed by atoms with Crippen LogP contribution < -0.4 is 14.2 Å². The molecule has 0 saturated carbocycles. The minimum Gasteiger partial charge on any atom is -0.497 e. The second kappa shape index (κ2) is 8.86. The van der Waals surface area contributed by atoms with Crippen LogP contribution in [0.3, 0.4) is 0 Å². The Morgan fingerprint density at radius 3 is 2.42 bits per heavy atom. The molecule has 0 bridgehead atoms. The van der Waals surface area contributed by atoms with Crippen molar-refractivity contribution in [1.29, 1.82) is 0 Å². The highest BCUT2D eigenvalue weighted by Gasteiger charge is 2.29. The van der Waals surface area contributed by atoms with Gasteiger partial charge in [0.2, 0.25) is 0 Å². The van der Waals surface area contributed by atoms with Gasteiger partial charge in [-0.15, -0.1) is 0 Å². The van der Waals surface area contributed by atoms with Crippen molar-refractivity contribution in [1.82, 2.24) is 9.80 Å². The lowest BCUT2D eigenvalue weighted by molar-refractivity contribution is 0.0689. The molecule has 168 valence electrons. The monoisotopic (exact) mass is 443 g/mol. The maximum absolute atomic E-state index is 13.1. The summed E-state index contributed by atoms with van der Waals surface area (Å²) in [5.41, 5.74) is 2.22. The van der Waals surface area contributed by atoms with Crippen molar-refractivity contribution >= 4 is 17.4 Å². The molecule has 2 aliphatic rings. The van der Waals surface area contributed by atoms with Crippen molar-refractivity contribution in [2.45, 2.75) is 0 Å². The maximum atomic E-state index is 13.1. The Morgan fingerprint density at radius 2 is 1.64 bits per heavy atom. The number of carbonyl (C=O) groups is 1. The molecule has 0 N–H and O–H groups in total. The van der Waals surface area contributed by atoms with Gasteiger partial charge in [0.25, 0.3) is 5.91 Å². The molecule has 2 aliphatic heterocycles. The number of rotatable bonds is 3. The first-order valence-corrected chi connectivity index (χ1v) is 10.9. The number of amidine groups is 1. The largest absolute Gasteiger partial charge is 0.497 e. The van der Waals surface area contributed by atoms with Crippen molar-refractivity contribution in [3.05, 3.63) is 77.9 Å². The van der Waals surface area contributed by atoms with Gasteiger partial charge in [-0.3, -0.25) is 4.79 Å². The van der Waals surface area contributed by atoms with Crippen LogP contribution in [0.4, 0.5) is 5.69 Å². The number of hydrogen-bond acceptors (Lipinski definition) is 6. The average Bonchev–Trinajstić information content (AvgIpc) is 3.04. The van der Waals surface area contributed by atoms with Crippen LogP contribution in [0.1, 0.15) is 15.9 Å². The predicted molar refractivity (Wildman–Crippen MR) is 126 cm³/mol. The average molecular weight is 444 g/mol. The summed E-state index contributed by atoms with van der Waals surface area (Å²) in [6, 6.07) is 20.8. The van der Waals surface area contributed by atoms with Gasteiger partial charge in [0, 0.05) is 26.2 Å². The van der Waals surface area contributed by atoms with E-state index in [0.29, 0.717) is 43.2 Å². The molecule has 7 nitrogen and oxygen atoms in total. The summed E-state index contributed by atoms with van der Waals surface area (Å²) in [6.45, 7) is 2.46. The minimum atomic E-state index is -0.0225. The number of amides is 1. The van der Waals surface area contributed by atoms with E-state index >= 15 is 0 Å². The van der Waals surface area contributed by atoms with Gasteiger partial charge in [-0.2, -0.15) is 0 Å². The molecule has 0 spiro atoms. The molecule has 0 aliphatic carbocycles. The fourth-order valence-electron chi connectivity index (χ4n) is 4.18. The van der Waals surface area contributed by atoms with E-state index in [2.05, 4.69) is 4.90 Å². The molecule has 3 aromatic rings. The van der Waals surface area contributed by atoms with Crippen molar-refractivity contribution in [2.75, 3.05) is 40.4 Å². The van der Waals surface area contributed by atoms with Gasteiger partial charge in [0.15, 0.2) is 5.75 Å². The summed E-state index contributed by atoms with van der Waals surface area (Å²) >= 11 is 0. The normalized spacial score (nSPS) is 14.9. The van der Waals surface area contributed by atoms with E-state index in [4.69, 9.17) is 19.2 Å². The van der Waals surface area contributed by atoms with Gasteiger partial charge in [-0.1, -0.05) is 24.3 Å². The summed E-state index contributed by atoms with van der Waals surface area (Å²) in [5, 5.41) is 0. The summed E-state index contributed by atoms with van der Waals surface area (Å²) in [5.74, 6) is 3.56. The van der Waals surface area contributed by atoms with Gasteiger partial charge < -0.3 is 24.0 Å². The first kappa shape index (κ1) is 20.9. The molecular weight excluding hydrogens is 418 g/mol. The lowest BCUT2D eigenvalue weighted by Crippen LogP contribution is -2.50. The van der Waals surface area contributed by atoms with Crippen LogP contribution in [0.2, 0.25) is 0 Å². The van der Waals surface area contributed by atoms with Gasteiger partial charge in [-0.25, -0.2) is 4.99 Å². The van der Waals surface area contributed by atoms with Gasteiger partial charge in [0.1, 0.15) is 28.8 Å². The molecule has 1 amide bonds. The zero-order valence-corrected chi connectivity index (χ0v) is 18.7. The highest BCUT2D eigenvalue weighted by Crippen LogP contribution is 2.39. The van der Waals surface area contributed by atoms with E-state index < -0.39 is 0 Å². The van der Waals surface area contributed by atoms with Crippen LogP contribution >= 0.6 is 0 Å². The van der Waals surface area contributed by atoms with Crippen LogP contribution in [-0.2, 0) is 0 Å². The number of benzene rings is 3. The Morgan fingerprint density at radius 1 is 0.879 bits per heavy atom. The molecule has 7 heteroatoms. The Labute approximate surface area is 192 Å². The van der Waals surface area contributed by atoms with Crippen LogP contribution in [0.25, 0.3) is 0 Å². The lowest BCUT2D eigenvalue weighted by Gasteiger charge is -2.36. The van der Waals surface area contributed by atoms with Gasteiger partial charge >= 0.3 is 0 Å². The van der Waals surface area contributed by atoms with Crippen molar-refractivity contribution < 1.29 is 19.0 Å². The molecule has 2 heterocycles. The third kappa shape index (κ3) is 3.98. The smallest absolute Gasteiger partial charge is 0.257 e. The Balaban J connectivity index is 1.43. The molecule has 0 aromatic heterocycles. The highest BCUT2D eigenvalue weighted by molar-refractivity contribution is 6.04. The van der Waals surface area contributed by atoms with Crippen molar-refractivity contribution in [3.8, 4) is 23.0 Å². The van der Waals surface area contributed by atoms with Gasteiger partial charge in [-0.05, 0) is 42.5 Å². The second-order valence-electron chi connectivity index (χ2n) is 7.85. The van der Waals surface area contributed by atoms with Crippen molar-refractivity contribution in [2.24, 2.45) is 4.99 Å². The van der Waals surface area contributed by atoms with E-state index in [9.17, 15) is 4.79 Å². The zero-order chi connectivity index (χ0) is 22.8. The molecule has 33 heavy (non-hydrogen) atoms. The zero-order valence-electron chi connectivity index (χ0n) is 18.7. The van der Waals surface area contributed by atoms with E-state index in [1.807, 2.05) is 65.6 Å². The Kier molecular flexibility index (Phi) is 5.60. The fourth-order valence-corrected chi connectivity index (χ4v) is 4.18. The number of carbonyl (C=O) groups excluding carboxylic acids is 1. The topological polar surface area (TPSA) is 63.6 Å². The van der Waals surface area contributed by atoms with Crippen LogP contribution in [0.5, 0.6) is 23.0 Å². The predicted octanol–water partition coefficient (Wildman–Crippen LogP) is 4.35. The maximum Gasteiger partial charge on any atom is 0.257 e. The summed E-state index contributed by atoms with van der Waals surface area (Å²) in [6.07, 6.45) is 0. The molecule has 0 unspecified atom stereocenters. The SMILES string of the molecule is COc1ccc2c(c1)C(N1CCN(C(=O)c3ccccc3OC)CC1)=Nc1ccccc1O2. The molecule has 0 radical (unpaired) electrons. The molecular formula is C26H25N3O4. The number of fused-ring (bicyclic) bond motifs is 2. The number of para-hydroxylation sites is 3. The third-order valence-electron chi connectivity index (χ3n) is 5.94. The summed E-state index contributed by atoms with van der Waals surface area (Å²) in [4.78, 5) is 22.2. The molecule has 5 rings (SSSR count). The van der Waals surface area contributed by atoms with E-state index in [0.717, 1.165) is 28.6 Å². The summed E-state index contributed by atoms with van der Waals surface area (Å²) < 4.78 is 17.0. The van der Waals surface area contributed by atoms with Crippen LogP contribution in [-0.4, -0.2) is 61.9 Å². The summed E-state index contributed by atoms with van der Waals surface area (Å²) in [7, 11) is 3.23. The van der Waals surface area contributed by atoms with Gasteiger partial charge in [0.05, 0.1) is 25.3 Å². The molecule has 1 fully saturated rings. The van der Waals surface area contributed by atoms with Crippen LogP contribution in [0, 0.1) is 0 Å². The first-order chi connectivity index (χ1) is 16.2. The molecule has 3 aromatic carbocycles. The standard InChI is InChI=1S/C26H25N3O4/c1-31-18-11-12-23-20(17-18)25(27-21-8-4-6-10-24(21)33-23)28-13-15-29(16-14-28)26(30)19-7-3-5-9-22(19)32-2/h3-12,17H,13-16H2,1-2H3. The van der Waals surface area contributed by atoms with E-state index in [1.165, 1.54) is 0 Å². The fraction of sp³-hybridized carbons (Fsp3) is 0.231. The van der Waals surface area contributed by atoms with Crippen molar-refractivity contribution in [3.63, 3.8) is 0 Å². The number of aliphatic imine (C=N–C) groups is 1. The number of nitrogens with zero attached hydrogens (tertiary/aromatic N) is 3. The lowest BCUT2D eigenvalue weighted by atomic mass is 10.1. The third-order valence-corrected chi connectivity index (χ3v) is 5.94. The molecule has 1 saturated heterocycles. The quantitative estimate of drug-likeness (QED) is 0.602. The number of methoxy groups -OCH3 is 2. The Hall–Kier alpha value is -4.00. The van der Waals surface area contributed by atoms with E-state index in [1.54, 1.807) is 20.3 Å². The van der Waals surface area contributed by atoms with Crippen LogP contribution in [0.15, 0.2) is 71.7 Å². The number of ether oxygens (including phenoxy) is 3. The first-order valence-electron chi connectivity index (χ1n) is 10.9. The highest BCUT2D eigenvalue weighted by atomic mass is 16.5. The molecule has 0 atom stereocenters. The second-order valence-corrected chi connectivity index (χ2v) is 7.85. The number of hydrogen-bond donors (Lipinski definition) is 0. The Bertz CT molecular complexity index is 1220. The minimum absolute atomic E-state index is 0.0225.